The first-order valence-corrected chi connectivity index (χ1v) is 7.67. The lowest BCUT2D eigenvalue weighted by molar-refractivity contribution is -0.121. The first-order chi connectivity index (χ1) is 9.81. The van der Waals surface area contributed by atoms with Crippen LogP contribution in [0.3, 0.4) is 0 Å². The summed E-state index contributed by atoms with van der Waals surface area (Å²) in [5.74, 6) is 0.847. The number of carbonyl (C=O) groups is 1. The van der Waals surface area contributed by atoms with E-state index >= 15 is 0 Å². The van der Waals surface area contributed by atoms with Gasteiger partial charge in [-0.2, -0.15) is 0 Å². The second kappa shape index (κ2) is 6.19. The van der Waals surface area contributed by atoms with Crippen molar-refractivity contribution in [3.05, 3.63) is 29.5 Å². The fourth-order valence-corrected chi connectivity index (χ4v) is 3.10. The summed E-state index contributed by atoms with van der Waals surface area (Å²) in [6.07, 6.45) is 4.44. The van der Waals surface area contributed by atoms with Crippen molar-refractivity contribution in [2.24, 2.45) is 0 Å². The Kier molecular flexibility index (Phi) is 4.13. The third kappa shape index (κ3) is 3.26. The molecule has 1 unspecified atom stereocenters. The van der Waals surface area contributed by atoms with Crippen LogP contribution in [0.15, 0.2) is 28.2 Å². The van der Waals surface area contributed by atoms with Gasteiger partial charge in [0.2, 0.25) is 5.91 Å². The topological polar surface area (TPSA) is 67.2 Å². The van der Waals surface area contributed by atoms with Crippen LogP contribution in [0, 0.1) is 0 Å². The van der Waals surface area contributed by atoms with Crippen LogP contribution in [0.25, 0.3) is 10.8 Å². The van der Waals surface area contributed by atoms with Crippen molar-refractivity contribution in [3.63, 3.8) is 0 Å². The molecule has 0 aliphatic carbocycles. The van der Waals surface area contributed by atoms with Crippen LogP contribution in [-0.4, -0.2) is 23.5 Å². The lowest BCUT2D eigenvalue weighted by Gasteiger charge is -2.09. The Bertz CT molecular complexity index is 559. The van der Waals surface area contributed by atoms with Crippen molar-refractivity contribution < 1.29 is 9.21 Å². The molecule has 0 saturated carbocycles. The zero-order valence-electron chi connectivity index (χ0n) is 11.1. The fourth-order valence-electron chi connectivity index (χ4n) is 2.32. The van der Waals surface area contributed by atoms with E-state index in [0.29, 0.717) is 19.0 Å². The minimum atomic E-state index is 0.0805. The summed E-state index contributed by atoms with van der Waals surface area (Å²) in [7, 11) is 0. The molecule has 0 radical (unpaired) electrons. The molecule has 1 atom stereocenters. The number of amides is 1. The molecule has 6 heteroatoms. The predicted octanol–water partition coefficient (Wildman–Crippen LogP) is 2.16. The third-order valence-electron chi connectivity index (χ3n) is 3.34. The third-order valence-corrected chi connectivity index (χ3v) is 4.25. The largest absolute Gasteiger partial charge is 0.462 e. The molecular formula is C14H17N3O2S. The van der Waals surface area contributed by atoms with Gasteiger partial charge in [0.15, 0.2) is 10.8 Å². The summed E-state index contributed by atoms with van der Waals surface area (Å²) in [6, 6.07) is 4.06. The minimum Gasteiger partial charge on any atom is -0.462 e. The zero-order chi connectivity index (χ0) is 13.8. The van der Waals surface area contributed by atoms with Crippen molar-refractivity contribution in [2.45, 2.75) is 31.8 Å². The molecule has 3 heterocycles. The average Bonchev–Trinajstić information content (AvgIpc) is 3.18. The summed E-state index contributed by atoms with van der Waals surface area (Å²) in [4.78, 5) is 16.3. The molecule has 0 spiro atoms. The molecule has 1 aliphatic heterocycles. The molecule has 2 aromatic rings. The maximum Gasteiger partial charge on any atom is 0.221 e. The average molecular weight is 291 g/mol. The van der Waals surface area contributed by atoms with E-state index in [4.69, 9.17) is 4.42 Å². The quantitative estimate of drug-likeness (QED) is 0.886. The lowest BCUT2D eigenvalue weighted by Crippen LogP contribution is -2.31. The molecule has 1 aliphatic rings. The molecule has 1 amide bonds. The maximum atomic E-state index is 11.8. The number of thiazole rings is 1. The number of carbonyl (C=O) groups excluding carboxylic acids is 1. The van der Waals surface area contributed by atoms with E-state index in [9.17, 15) is 4.79 Å². The van der Waals surface area contributed by atoms with E-state index < -0.39 is 0 Å². The van der Waals surface area contributed by atoms with Crippen molar-refractivity contribution in [3.8, 4) is 10.8 Å². The van der Waals surface area contributed by atoms with Gasteiger partial charge in [-0.15, -0.1) is 11.3 Å². The number of hydrogen-bond donors (Lipinski definition) is 2. The monoisotopic (exact) mass is 291 g/mol. The molecule has 1 fully saturated rings. The van der Waals surface area contributed by atoms with E-state index in [1.807, 2.05) is 17.5 Å². The SMILES string of the molecule is O=C(CC1CCCN1)NCc1csc(-c2ccco2)n1. The Morgan fingerprint density at radius 1 is 1.60 bits per heavy atom. The number of furan rings is 1. The van der Waals surface area contributed by atoms with Gasteiger partial charge < -0.3 is 15.1 Å². The highest BCUT2D eigenvalue weighted by atomic mass is 32.1. The molecule has 0 aromatic carbocycles. The standard InChI is InChI=1S/C14H17N3O2S/c18-13(7-10-3-1-5-15-10)16-8-11-9-20-14(17-11)12-4-2-6-19-12/h2,4,6,9-10,15H,1,3,5,7-8H2,(H,16,18). The Morgan fingerprint density at radius 2 is 2.55 bits per heavy atom. The minimum absolute atomic E-state index is 0.0805. The first-order valence-electron chi connectivity index (χ1n) is 6.79. The van der Waals surface area contributed by atoms with Gasteiger partial charge in [0.25, 0.3) is 0 Å². The van der Waals surface area contributed by atoms with Gasteiger partial charge in [-0.1, -0.05) is 0 Å². The van der Waals surface area contributed by atoms with Crippen molar-refractivity contribution in [2.75, 3.05) is 6.54 Å². The van der Waals surface area contributed by atoms with Crippen LogP contribution in [0.5, 0.6) is 0 Å². The Hall–Kier alpha value is -1.66. The van der Waals surface area contributed by atoms with Crippen LogP contribution in [-0.2, 0) is 11.3 Å². The number of aromatic nitrogens is 1. The van der Waals surface area contributed by atoms with Crippen molar-refractivity contribution in [1.29, 1.82) is 0 Å². The van der Waals surface area contributed by atoms with Gasteiger partial charge in [-0.05, 0) is 31.5 Å². The number of hydrogen-bond acceptors (Lipinski definition) is 5. The normalized spacial score (nSPS) is 18.3. The van der Waals surface area contributed by atoms with E-state index in [0.717, 1.165) is 35.8 Å². The summed E-state index contributed by atoms with van der Waals surface area (Å²) >= 11 is 1.52. The van der Waals surface area contributed by atoms with Crippen LogP contribution < -0.4 is 10.6 Å². The van der Waals surface area contributed by atoms with Crippen LogP contribution in [0.4, 0.5) is 0 Å². The van der Waals surface area contributed by atoms with Crippen LogP contribution >= 0.6 is 11.3 Å². The van der Waals surface area contributed by atoms with Gasteiger partial charge in [-0.3, -0.25) is 4.79 Å². The molecule has 3 rings (SSSR count). The number of rotatable bonds is 5. The van der Waals surface area contributed by atoms with Crippen LogP contribution in [0.2, 0.25) is 0 Å². The zero-order valence-corrected chi connectivity index (χ0v) is 11.9. The van der Waals surface area contributed by atoms with Gasteiger partial charge in [0.05, 0.1) is 18.5 Å². The van der Waals surface area contributed by atoms with Gasteiger partial charge in [0.1, 0.15) is 0 Å². The predicted molar refractivity (Wildman–Crippen MR) is 77.3 cm³/mol. The van der Waals surface area contributed by atoms with Gasteiger partial charge in [0, 0.05) is 17.8 Å². The van der Waals surface area contributed by atoms with E-state index in [1.165, 1.54) is 11.3 Å². The number of nitrogens with zero attached hydrogens (tertiary/aromatic N) is 1. The first kappa shape index (κ1) is 13.3. The van der Waals surface area contributed by atoms with E-state index in [2.05, 4.69) is 15.6 Å². The van der Waals surface area contributed by atoms with Gasteiger partial charge >= 0.3 is 0 Å². The van der Waals surface area contributed by atoms with Gasteiger partial charge in [-0.25, -0.2) is 4.98 Å². The molecule has 20 heavy (non-hydrogen) atoms. The molecule has 2 N–H and O–H groups in total. The summed E-state index contributed by atoms with van der Waals surface area (Å²) in [5.41, 5.74) is 0.870. The van der Waals surface area contributed by atoms with Crippen molar-refractivity contribution in [1.82, 2.24) is 15.6 Å². The molecule has 0 bridgehead atoms. The molecule has 1 saturated heterocycles. The number of nitrogens with one attached hydrogen (secondary N) is 2. The molecule has 106 valence electrons. The maximum absolute atomic E-state index is 11.8. The summed E-state index contributed by atoms with van der Waals surface area (Å²) in [6.45, 7) is 1.50. The summed E-state index contributed by atoms with van der Waals surface area (Å²) < 4.78 is 5.30. The second-order valence-corrected chi connectivity index (χ2v) is 5.75. The van der Waals surface area contributed by atoms with Crippen molar-refractivity contribution >= 4 is 17.2 Å². The Labute approximate surface area is 121 Å². The second-order valence-electron chi connectivity index (χ2n) is 4.90. The molecule has 5 nitrogen and oxygen atoms in total. The molecule has 2 aromatic heterocycles. The van der Waals surface area contributed by atoms with E-state index in [-0.39, 0.29) is 5.91 Å². The van der Waals surface area contributed by atoms with E-state index in [1.54, 1.807) is 6.26 Å². The lowest BCUT2D eigenvalue weighted by atomic mass is 10.1. The van der Waals surface area contributed by atoms with Crippen LogP contribution in [0.1, 0.15) is 25.0 Å². The highest BCUT2D eigenvalue weighted by molar-refractivity contribution is 7.13. The Balaban J connectivity index is 1.49. The highest BCUT2D eigenvalue weighted by Gasteiger charge is 2.17. The summed E-state index contributed by atoms with van der Waals surface area (Å²) in [5, 5.41) is 9.04. The Morgan fingerprint density at radius 3 is 3.30 bits per heavy atom. The smallest absolute Gasteiger partial charge is 0.221 e. The molecular weight excluding hydrogens is 274 g/mol. The highest BCUT2D eigenvalue weighted by Crippen LogP contribution is 2.23. The fraction of sp³-hybridized carbons (Fsp3) is 0.429.